The zero-order valence-electron chi connectivity index (χ0n) is 19.0. The lowest BCUT2D eigenvalue weighted by Gasteiger charge is -2.32. The van der Waals surface area contributed by atoms with Crippen molar-refractivity contribution in [2.45, 2.75) is 39.3 Å². The average molecular weight is 451 g/mol. The predicted molar refractivity (Wildman–Crippen MR) is 130 cm³/mol. The number of carbonyl (C=O) groups excluding carboxylic acids is 1. The van der Waals surface area contributed by atoms with Crippen LogP contribution in [0, 0.1) is 18.7 Å². The Morgan fingerprint density at radius 3 is 2.53 bits per heavy atom. The number of rotatable bonds is 7. The fourth-order valence-electron chi connectivity index (χ4n) is 4.81. The van der Waals surface area contributed by atoms with Gasteiger partial charge in [0.2, 0.25) is 0 Å². The summed E-state index contributed by atoms with van der Waals surface area (Å²) in [6.45, 7) is 9.86. The molecule has 0 radical (unpaired) electrons. The summed E-state index contributed by atoms with van der Waals surface area (Å²) in [6, 6.07) is 16.8. The molecular formula is C27H31FN2OS. The van der Waals surface area contributed by atoms with Gasteiger partial charge in [-0.1, -0.05) is 24.3 Å². The normalized spacial score (nSPS) is 18.9. The molecule has 2 atom stereocenters. The average Bonchev–Trinajstić information content (AvgIpc) is 3.42. The molecule has 1 fully saturated rings. The molecule has 4 rings (SSSR count). The summed E-state index contributed by atoms with van der Waals surface area (Å²) in [5, 5.41) is 4.35. The third kappa shape index (κ3) is 5.11. The second-order valence-electron chi connectivity index (χ2n) is 9.11. The first-order valence-corrected chi connectivity index (χ1v) is 12.2. The Morgan fingerprint density at radius 2 is 1.88 bits per heavy atom. The fraction of sp³-hybridized carbons (Fsp3) is 0.370. The number of halogens is 1. The minimum Gasteiger partial charge on any atom is -0.336 e. The monoisotopic (exact) mass is 450 g/mol. The van der Waals surface area contributed by atoms with E-state index in [4.69, 9.17) is 0 Å². The molecule has 3 aromatic rings. The summed E-state index contributed by atoms with van der Waals surface area (Å²) in [5.41, 5.74) is 4.58. The van der Waals surface area contributed by atoms with Crippen molar-refractivity contribution in [1.29, 1.82) is 0 Å². The van der Waals surface area contributed by atoms with Crippen LogP contribution in [0.2, 0.25) is 0 Å². The van der Waals surface area contributed by atoms with Crippen LogP contribution in [0.4, 0.5) is 4.39 Å². The molecule has 0 saturated carbocycles. The van der Waals surface area contributed by atoms with Gasteiger partial charge in [-0.25, -0.2) is 4.39 Å². The maximum absolute atomic E-state index is 13.4. The molecule has 0 aliphatic carbocycles. The largest absolute Gasteiger partial charge is 0.336 e. The van der Waals surface area contributed by atoms with Crippen molar-refractivity contribution < 1.29 is 9.18 Å². The molecule has 3 nitrogen and oxygen atoms in total. The van der Waals surface area contributed by atoms with Gasteiger partial charge in [0.1, 0.15) is 5.82 Å². The van der Waals surface area contributed by atoms with Crippen molar-refractivity contribution in [2.75, 3.05) is 19.6 Å². The Labute approximate surface area is 194 Å². The molecule has 5 heteroatoms. The molecule has 1 aromatic heterocycles. The van der Waals surface area contributed by atoms with Gasteiger partial charge in [0.25, 0.3) is 5.91 Å². The summed E-state index contributed by atoms with van der Waals surface area (Å²) in [4.78, 5) is 17.8. The second kappa shape index (κ2) is 9.97. The van der Waals surface area contributed by atoms with Crippen molar-refractivity contribution >= 4 is 17.2 Å². The molecule has 0 bridgehead atoms. The Hall–Kier alpha value is -2.50. The lowest BCUT2D eigenvalue weighted by atomic mass is 9.86. The zero-order chi connectivity index (χ0) is 22.7. The summed E-state index contributed by atoms with van der Waals surface area (Å²) >= 11 is 1.73. The van der Waals surface area contributed by atoms with Crippen LogP contribution in [-0.2, 0) is 6.54 Å². The summed E-state index contributed by atoms with van der Waals surface area (Å²) in [5.74, 6) is 0.357. The van der Waals surface area contributed by atoms with Gasteiger partial charge in [0.15, 0.2) is 0 Å². The molecule has 2 heterocycles. The number of benzene rings is 2. The van der Waals surface area contributed by atoms with Crippen LogP contribution in [0.15, 0.2) is 65.4 Å². The topological polar surface area (TPSA) is 23.6 Å². The first-order chi connectivity index (χ1) is 15.4. The van der Waals surface area contributed by atoms with Crippen molar-refractivity contribution in [3.63, 3.8) is 0 Å². The predicted octanol–water partition coefficient (Wildman–Crippen LogP) is 5.96. The highest BCUT2D eigenvalue weighted by atomic mass is 32.1. The molecule has 1 saturated heterocycles. The number of likely N-dealkylation sites (tertiary alicyclic amines) is 1. The fourth-order valence-corrected chi connectivity index (χ4v) is 5.47. The number of aryl methyl sites for hydroxylation is 1. The highest BCUT2D eigenvalue weighted by molar-refractivity contribution is 7.07. The molecule has 1 aliphatic heterocycles. The van der Waals surface area contributed by atoms with Crippen LogP contribution in [0.3, 0.4) is 0 Å². The Bertz CT molecular complexity index is 1030. The first-order valence-electron chi connectivity index (χ1n) is 11.3. The summed E-state index contributed by atoms with van der Waals surface area (Å²) in [7, 11) is 0. The van der Waals surface area contributed by atoms with Gasteiger partial charge in [-0.15, -0.1) is 0 Å². The van der Waals surface area contributed by atoms with Crippen LogP contribution < -0.4 is 0 Å². The van der Waals surface area contributed by atoms with E-state index < -0.39 is 0 Å². The van der Waals surface area contributed by atoms with E-state index in [9.17, 15) is 9.18 Å². The molecule has 1 amide bonds. The smallest absolute Gasteiger partial charge is 0.254 e. The zero-order valence-corrected chi connectivity index (χ0v) is 19.8. The van der Waals surface area contributed by atoms with E-state index in [0.717, 1.165) is 19.6 Å². The lowest BCUT2D eigenvalue weighted by molar-refractivity contribution is 0.0668. The second-order valence-corrected chi connectivity index (χ2v) is 9.89. The number of hydrogen-bond acceptors (Lipinski definition) is 3. The van der Waals surface area contributed by atoms with Crippen molar-refractivity contribution in [1.82, 2.24) is 9.80 Å². The maximum Gasteiger partial charge on any atom is 0.254 e. The molecule has 0 unspecified atom stereocenters. The SMILES string of the molecule is Cc1ccccc1[C@H]1CN(Cc2ccsc2)C[C@H]1CN(C(=O)c1ccc(F)cc1)C(C)C. The minimum absolute atomic E-state index is 0.0279. The van der Waals surface area contributed by atoms with Gasteiger partial charge in [-0.05, 0) is 84.5 Å². The van der Waals surface area contributed by atoms with E-state index in [-0.39, 0.29) is 17.8 Å². The summed E-state index contributed by atoms with van der Waals surface area (Å²) < 4.78 is 13.4. The van der Waals surface area contributed by atoms with Gasteiger partial charge < -0.3 is 4.90 Å². The Balaban J connectivity index is 1.58. The number of amides is 1. The van der Waals surface area contributed by atoms with Crippen LogP contribution >= 0.6 is 11.3 Å². The minimum atomic E-state index is -0.322. The van der Waals surface area contributed by atoms with Gasteiger partial charge in [-0.3, -0.25) is 9.69 Å². The third-order valence-corrected chi connectivity index (χ3v) is 7.23. The van der Waals surface area contributed by atoms with Gasteiger partial charge in [0, 0.05) is 43.7 Å². The van der Waals surface area contributed by atoms with Crippen molar-refractivity contribution in [3.8, 4) is 0 Å². The van der Waals surface area contributed by atoms with Crippen molar-refractivity contribution in [3.05, 3.63) is 93.4 Å². The van der Waals surface area contributed by atoms with E-state index in [1.54, 1.807) is 23.5 Å². The molecule has 2 aromatic carbocycles. The van der Waals surface area contributed by atoms with Crippen LogP contribution in [-0.4, -0.2) is 41.4 Å². The highest BCUT2D eigenvalue weighted by Crippen LogP contribution is 2.36. The molecule has 32 heavy (non-hydrogen) atoms. The van der Waals surface area contributed by atoms with Crippen molar-refractivity contribution in [2.24, 2.45) is 5.92 Å². The van der Waals surface area contributed by atoms with E-state index in [0.29, 0.717) is 23.9 Å². The van der Waals surface area contributed by atoms with Gasteiger partial charge in [0.05, 0.1) is 0 Å². The molecular weight excluding hydrogens is 419 g/mol. The maximum atomic E-state index is 13.4. The number of nitrogens with zero attached hydrogens (tertiary/aromatic N) is 2. The van der Waals surface area contributed by atoms with E-state index >= 15 is 0 Å². The van der Waals surface area contributed by atoms with E-state index in [1.165, 1.54) is 28.8 Å². The molecule has 168 valence electrons. The summed E-state index contributed by atoms with van der Waals surface area (Å²) in [6.07, 6.45) is 0. The van der Waals surface area contributed by atoms with Crippen LogP contribution in [0.1, 0.15) is 46.8 Å². The Kier molecular flexibility index (Phi) is 7.07. The highest BCUT2D eigenvalue weighted by Gasteiger charge is 2.37. The third-order valence-electron chi connectivity index (χ3n) is 6.50. The Morgan fingerprint density at radius 1 is 1.12 bits per heavy atom. The van der Waals surface area contributed by atoms with Gasteiger partial charge >= 0.3 is 0 Å². The quantitative estimate of drug-likeness (QED) is 0.443. The standard InChI is InChI=1S/C27H31FN2OS/c1-19(2)30(27(31)22-8-10-24(28)11-9-22)16-23-15-29(14-21-12-13-32-18-21)17-26(23)25-7-5-4-6-20(25)3/h4-13,18-19,23,26H,14-17H2,1-3H3/t23-,26-/m0/s1. The van der Waals surface area contributed by atoms with E-state index in [2.05, 4.69) is 66.8 Å². The first kappa shape index (κ1) is 22.7. The van der Waals surface area contributed by atoms with Crippen LogP contribution in [0.5, 0.6) is 0 Å². The number of carbonyl (C=O) groups is 1. The lowest BCUT2D eigenvalue weighted by Crippen LogP contribution is -2.42. The van der Waals surface area contributed by atoms with E-state index in [1.807, 2.05) is 4.90 Å². The van der Waals surface area contributed by atoms with Gasteiger partial charge in [-0.2, -0.15) is 11.3 Å². The number of thiophene rings is 1. The number of hydrogen-bond donors (Lipinski definition) is 0. The molecule has 0 spiro atoms. The molecule has 0 N–H and O–H groups in total. The molecule has 1 aliphatic rings. The van der Waals surface area contributed by atoms with Crippen LogP contribution in [0.25, 0.3) is 0 Å².